The van der Waals surface area contributed by atoms with Crippen molar-refractivity contribution in [2.75, 3.05) is 0 Å². The second kappa shape index (κ2) is 13.4. The van der Waals surface area contributed by atoms with Crippen LogP contribution in [0.1, 0.15) is 51.9 Å². The maximum Gasteiger partial charge on any atom is 0.277 e. The third kappa shape index (κ3) is 9.51. The van der Waals surface area contributed by atoms with E-state index >= 15 is 0 Å². The minimum Gasteiger partial charge on any atom is -0.211 e. The molecule has 6 nitrogen and oxygen atoms in total. The van der Waals surface area contributed by atoms with Crippen LogP contribution in [0.25, 0.3) is 0 Å². The van der Waals surface area contributed by atoms with Crippen molar-refractivity contribution in [3.05, 3.63) is 0 Å². The zero-order chi connectivity index (χ0) is 13.7. The quantitative estimate of drug-likeness (QED) is 0.255. The smallest absolute Gasteiger partial charge is 0.211 e. The van der Waals surface area contributed by atoms with Crippen molar-refractivity contribution in [1.29, 1.82) is 0 Å². The molecule has 0 aliphatic rings. The summed E-state index contributed by atoms with van der Waals surface area (Å²) in [6, 6.07) is 0. The van der Waals surface area contributed by atoms with E-state index in [2.05, 4.69) is 21.9 Å². The van der Waals surface area contributed by atoms with Crippen LogP contribution in [0, 0.1) is 0 Å². The van der Waals surface area contributed by atoms with E-state index in [9.17, 15) is 14.4 Å². The first kappa shape index (κ1) is 20.3. The van der Waals surface area contributed by atoms with Crippen LogP contribution in [-0.2, 0) is 14.4 Å². The van der Waals surface area contributed by atoms with Gasteiger partial charge in [-0.1, -0.05) is 39.0 Å². The van der Waals surface area contributed by atoms with Crippen molar-refractivity contribution in [1.82, 2.24) is 0 Å². The van der Waals surface area contributed by atoms with Crippen LogP contribution >= 0.6 is 0 Å². The van der Waals surface area contributed by atoms with Gasteiger partial charge in [0.25, 0.3) is 5.79 Å². The molecule has 4 radical (unpaired) electrons. The fraction of sp³-hybridized carbons (Fsp3) is 0.750. The molecule has 0 heterocycles. The van der Waals surface area contributed by atoms with E-state index in [4.69, 9.17) is 0 Å². The van der Waals surface area contributed by atoms with Gasteiger partial charge >= 0.3 is 0 Å². The standard InChI is InChI=1S/C12H17N3O3.Sn/c1-2-3-4-5-6-7-8-12(13-9-16,14-10-17)15-11-18;/h2-8H2,1H3;. The Morgan fingerprint density at radius 3 is 1.63 bits per heavy atom. The number of hydrogen-bond donors (Lipinski definition) is 0. The summed E-state index contributed by atoms with van der Waals surface area (Å²) in [7, 11) is 0. The zero-order valence-electron chi connectivity index (χ0n) is 11.0. The van der Waals surface area contributed by atoms with E-state index in [0.717, 1.165) is 25.7 Å². The molecule has 0 N–H and O–H groups in total. The molecule has 0 aromatic heterocycles. The summed E-state index contributed by atoms with van der Waals surface area (Å²) >= 11 is 0. The van der Waals surface area contributed by atoms with E-state index in [-0.39, 0.29) is 30.3 Å². The number of aliphatic imine (C=N–C) groups is 3. The molecule has 7 heteroatoms. The molecular weight excluding hydrogens is 353 g/mol. The van der Waals surface area contributed by atoms with E-state index in [1.54, 1.807) is 0 Å². The second-order valence-corrected chi connectivity index (χ2v) is 3.90. The van der Waals surface area contributed by atoms with Crippen LogP contribution in [0.4, 0.5) is 0 Å². The molecular formula is C12H17N3O3Sn. The van der Waals surface area contributed by atoms with E-state index < -0.39 is 5.79 Å². The molecule has 0 atom stereocenters. The summed E-state index contributed by atoms with van der Waals surface area (Å²) in [4.78, 5) is 40.7. The first-order valence-corrected chi connectivity index (χ1v) is 6.01. The molecule has 0 saturated heterocycles. The fourth-order valence-corrected chi connectivity index (χ4v) is 1.60. The molecule has 0 aliphatic carbocycles. The van der Waals surface area contributed by atoms with Crippen LogP contribution in [-0.4, -0.2) is 47.9 Å². The molecule has 0 aromatic carbocycles. The van der Waals surface area contributed by atoms with Crippen molar-refractivity contribution in [2.24, 2.45) is 15.0 Å². The van der Waals surface area contributed by atoms with E-state index in [0.29, 0.717) is 6.42 Å². The molecule has 0 aromatic rings. The van der Waals surface area contributed by atoms with Crippen molar-refractivity contribution < 1.29 is 14.4 Å². The first-order valence-electron chi connectivity index (χ1n) is 6.01. The van der Waals surface area contributed by atoms with Gasteiger partial charge < -0.3 is 0 Å². The Balaban J connectivity index is 0. The predicted octanol–water partition coefficient (Wildman–Crippen LogP) is 2.02. The van der Waals surface area contributed by atoms with Gasteiger partial charge in [-0.25, -0.2) is 14.4 Å². The summed E-state index contributed by atoms with van der Waals surface area (Å²) in [5, 5.41) is 0. The Bertz CT molecular complexity index is 336. The summed E-state index contributed by atoms with van der Waals surface area (Å²) in [6.07, 6.45) is 10.1. The number of hydrogen-bond acceptors (Lipinski definition) is 6. The van der Waals surface area contributed by atoms with Gasteiger partial charge in [-0.05, 0) is 6.42 Å². The average Bonchev–Trinajstić information content (AvgIpc) is 2.35. The minimum absolute atomic E-state index is 0. The topological polar surface area (TPSA) is 88.3 Å². The van der Waals surface area contributed by atoms with Crippen molar-refractivity contribution in [2.45, 2.75) is 57.7 Å². The number of carbonyl (C=O) groups excluding carboxylic acids is 3. The van der Waals surface area contributed by atoms with Crippen LogP contribution in [0.2, 0.25) is 0 Å². The molecule has 0 aliphatic heterocycles. The van der Waals surface area contributed by atoms with Crippen LogP contribution in [0.5, 0.6) is 0 Å². The number of rotatable bonds is 10. The molecule has 0 amide bonds. The van der Waals surface area contributed by atoms with Crippen LogP contribution < -0.4 is 0 Å². The summed E-state index contributed by atoms with van der Waals surface area (Å²) in [6.45, 7) is 2.13. The predicted molar refractivity (Wildman–Crippen MR) is 70.8 cm³/mol. The SMILES string of the molecule is CCCCCCCCC(N=C=O)(N=C=O)N=C=O.[Sn]. The van der Waals surface area contributed by atoms with Gasteiger partial charge in [-0.15, -0.1) is 0 Å². The summed E-state index contributed by atoms with van der Waals surface area (Å²) in [5.41, 5.74) is 0. The number of isocyanates is 3. The van der Waals surface area contributed by atoms with Crippen molar-refractivity contribution >= 4 is 42.1 Å². The van der Waals surface area contributed by atoms with E-state index in [1.807, 2.05) is 0 Å². The monoisotopic (exact) mass is 371 g/mol. The zero-order valence-corrected chi connectivity index (χ0v) is 13.9. The fourth-order valence-electron chi connectivity index (χ4n) is 1.60. The Hall–Kier alpha value is -1.06. The molecule has 0 bridgehead atoms. The molecule has 102 valence electrons. The molecule has 0 fully saturated rings. The second-order valence-electron chi connectivity index (χ2n) is 3.90. The van der Waals surface area contributed by atoms with Crippen molar-refractivity contribution in [3.63, 3.8) is 0 Å². The number of nitrogens with zero attached hydrogens (tertiary/aromatic N) is 3. The Morgan fingerprint density at radius 2 is 1.21 bits per heavy atom. The maximum atomic E-state index is 10.3. The van der Waals surface area contributed by atoms with Gasteiger partial charge in [0.2, 0.25) is 18.2 Å². The molecule has 0 saturated carbocycles. The normalized spacial score (nSPS) is 11.8. The molecule has 19 heavy (non-hydrogen) atoms. The summed E-state index contributed by atoms with van der Waals surface area (Å²) in [5.74, 6) is -1.70. The van der Waals surface area contributed by atoms with E-state index in [1.165, 1.54) is 24.7 Å². The van der Waals surface area contributed by atoms with Gasteiger partial charge in [0.15, 0.2) is 0 Å². The first-order chi connectivity index (χ1) is 8.74. The van der Waals surface area contributed by atoms with Crippen molar-refractivity contribution in [3.8, 4) is 0 Å². The Morgan fingerprint density at radius 1 is 0.789 bits per heavy atom. The third-order valence-corrected chi connectivity index (χ3v) is 2.54. The van der Waals surface area contributed by atoms with Gasteiger partial charge in [-0.2, -0.15) is 15.0 Å². The Kier molecular flexibility index (Phi) is 14.3. The average molecular weight is 370 g/mol. The maximum absolute atomic E-state index is 10.3. The van der Waals surface area contributed by atoms with Gasteiger partial charge in [0.1, 0.15) is 0 Å². The van der Waals surface area contributed by atoms with Crippen LogP contribution in [0.15, 0.2) is 15.0 Å². The largest absolute Gasteiger partial charge is 0.277 e. The summed E-state index contributed by atoms with van der Waals surface area (Å²) < 4.78 is 0. The minimum atomic E-state index is -1.70. The third-order valence-electron chi connectivity index (χ3n) is 2.54. The van der Waals surface area contributed by atoms with Gasteiger partial charge in [0, 0.05) is 30.3 Å². The van der Waals surface area contributed by atoms with Gasteiger partial charge in [0.05, 0.1) is 0 Å². The van der Waals surface area contributed by atoms with Gasteiger partial charge in [-0.3, -0.25) is 0 Å². The van der Waals surface area contributed by atoms with Crippen LogP contribution in [0.3, 0.4) is 0 Å². The molecule has 0 spiro atoms. The molecule has 0 unspecified atom stereocenters. The molecule has 0 rings (SSSR count). The number of unbranched alkanes of at least 4 members (excludes halogenated alkanes) is 5. The Labute approximate surface area is 129 Å².